The molecule has 1 heterocycles. The molecule has 1 aromatic carbocycles. The molecule has 1 fully saturated rings. The Morgan fingerprint density at radius 3 is 3.05 bits per heavy atom. The van der Waals surface area contributed by atoms with Gasteiger partial charge in [0.2, 0.25) is 5.91 Å². The molecule has 100 valence electrons. The number of fused-ring (bicyclic) bond motifs is 1. The van der Waals surface area contributed by atoms with Gasteiger partial charge in [-0.1, -0.05) is 12.1 Å². The molecular formula is C15H19N3O. The van der Waals surface area contributed by atoms with Crippen molar-refractivity contribution >= 4 is 16.8 Å². The fourth-order valence-electron chi connectivity index (χ4n) is 2.26. The van der Waals surface area contributed by atoms with Gasteiger partial charge < -0.3 is 15.6 Å². The van der Waals surface area contributed by atoms with Crippen LogP contribution in [-0.4, -0.2) is 23.5 Å². The summed E-state index contributed by atoms with van der Waals surface area (Å²) in [6, 6.07) is 8.79. The van der Waals surface area contributed by atoms with Gasteiger partial charge in [-0.2, -0.15) is 0 Å². The van der Waals surface area contributed by atoms with Gasteiger partial charge in [0.1, 0.15) is 0 Å². The summed E-state index contributed by atoms with van der Waals surface area (Å²) >= 11 is 0. The zero-order valence-corrected chi connectivity index (χ0v) is 10.9. The van der Waals surface area contributed by atoms with Crippen LogP contribution in [-0.2, 0) is 11.3 Å². The van der Waals surface area contributed by atoms with E-state index in [0.717, 1.165) is 31.4 Å². The van der Waals surface area contributed by atoms with E-state index in [9.17, 15) is 4.79 Å². The Hall–Kier alpha value is -1.81. The molecule has 4 nitrogen and oxygen atoms in total. The second kappa shape index (κ2) is 5.45. The summed E-state index contributed by atoms with van der Waals surface area (Å²) < 4.78 is 0. The average molecular weight is 257 g/mol. The molecular weight excluding hydrogens is 238 g/mol. The second-order valence-electron chi connectivity index (χ2n) is 5.12. The van der Waals surface area contributed by atoms with Crippen molar-refractivity contribution in [1.29, 1.82) is 0 Å². The van der Waals surface area contributed by atoms with Crippen LogP contribution in [0.3, 0.4) is 0 Å². The number of benzene rings is 1. The maximum atomic E-state index is 11.5. The highest BCUT2D eigenvalue weighted by atomic mass is 16.1. The third-order valence-electron chi connectivity index (χ3n) is 3.47. The summed E-state index contributed by atoms with van der Waals surface area (Å²) in [6.45, 7) is 1.52. The van der Waals surface area contributed by atoms with Crippen LogP contribution in [0, 0.1) is 0 Å². The number of H-pyrrole nitrogens is 1. The van der Waals surface area contributed by atoms with E-state index in [1.54, 1.807) is 0 Å². The molecule has 0 saturated heterocycles. The van der Waals surface area contributed by atoms with Crippen molar-refractivity contribution in [1.82, 2.24) is 15.6 Å². The van der Waals surface area contributed by atoms with Crippen molar-refractivity contribution < 1.29 is 4.79 Å². The average Bonchev–Trinajstić information content (AvgIpc) is 3.07. The van der Waals surface area contributed by atoms with E-state index < -0.39 is 0 Å². The van der Waals surface area contributed by atoms with E-state index in [1.165, 1.54) is 10.9 Å². The molecule has 1 amide bonds. The number of carbonyl (C=O) groups is 1. The van der Waals surface area contributed by atoms with Gasteiger partial charge in [-0.15, -0.1) is 0 Å². The Morgan fingerprint density at radius 1 is 1.32 bits per heavy atom. The minimum Gasteiger partial charge on any atom is -0.361 e. The fraction of sp³-hybridized carbons (Fsp3) is 0.400. The summed E-state index contributed by atoms with van der Waals surface area (Å²) in [6.07, 6.45) is 4.81. The number of carbonyl (C=O) groups excluding carboxylic acids is 1. The maximum absolute atomic E-state index is 11.5. The predicted molar refractivity (Wildman–Crippen MR) is 75.8 cm³/mol. The summed E-state index contributed by atoms with van der Waals surface area (Å²) in [7, 11) is 0. The Balaban J connectivity index is 1.46. The van der Waals surface area contributed by atoms with Crippen LogP contribution in [0.15, 0.2) is 30.5 Å². The standard InChI is InChI=1S/C15H19N3O/c19-15(18-12-4-5-12)7-8-16-10-11-2-1-3-14-13(11)6-9-17-14/h1-3,6,9,12,16-17H,4-5,7-8,10H2,(H,18,19). The van der Waals surface area contributed by atoms with E-state index in [1.807, 2.05) is 6.20 Å². The van der Waals surface area contributed by atoms with E-state index in [0.29, 0.717) is 12.5 Å². The lowest BCUT2D eigenvalue weighted by Crippen LogP contribution is -2.29. The molecule has 2 aromatic rings. The Bertz CT molecular complexity index is 572. The fourth-order valence-corrected chi connectivity index (χ4v) is 2.26. The quantitative estimate of drug-likeness (QED) is 0.693. The molecule has 19 heavy (non-hydrogen) atoms. The van der Waals surface area contributed by atoms with E-state index in [-0.39, 0.29) is 5.91 Å². The maximum Gasteiger partial charge on any atom is 0.221 e. The van der Waals surface area contributed by atoms with Gasteiger partial charge in [0.25, 0.3) is 0 Å². The zero-order valence-electron chi connectivity index (χ0n) is 10.9. The molecule has 3 rings (SSSR count). The number of aromatic amines is 1. The van der Waals surface area contributed by atoms with Gasteiger partial charge in [-0.25, -0.2) is 0 Å². The summed E-state index contributed by atoms with van der Waals surface area (Å²) in [5, 5.41) is 7.58. The molecule has 0 radical (unpaired) electrons. The highest BCUT2D eigenvalue weighted by Gasteiger charge is 2.22. The highest BCUT2D eigenvalue weighted by Crippen LogP contribution is 2.18. The minimum absolute atomic E-state index is 0.162. The number of hydrogen-bond acceptors (Lipinski definition) is 2. The van der Waals surface area contributed by atoms with Gasteiger partial charge in [-0.3, -0.25) is 4.79 Å². The van der Waals surface area contributed by atoms with Crippen molar-refractivity contribution in [2.45, 2.75) is 31.8 Å². The van der Waals surface area contributed by atoms with Crippen molar-refractivity contribution in [3.8, 4) is 0 Å². The van der Waals surface area contributed by atoms with Crippen molar-refractivity contribution in [2.75, 3.05) is 6.54 Å². The van der Waals surface area contributed by atoms with Crippen LogP contribution < -0.4 is 10.6 Å². The van der Waals surface area contributed by atoms with E-state index in [4.69, 9.17) is 0 Å². The Kier molecular flexibility index (Phi) is 3.51. The molecule has 4 heteroatoms. The molecule has 1 saturated carbocycles. The van der Waals surface area contributed by atoms with E-state index >= 15 is 0 Å². The first-order valence-electron chi connectivity index (χ1n) is 6.88. The predicted octanol–water partition coefficient (Wildman–Crippen LogP) is 1.93. The number of hydrogen-bond donors (Lipinski definition) is 3. The monoisotopic (exact) mass is 257 g/mol. The Morgan fingerprint density at radius 2 is 2.21 bits per heavy atom. The van der Waals surface area contributed by atoms with Crippen LogP contribution in [0.25, 0.3) is 10.9 Å². The number of amides is 1. The molecule has 1 aliphatic carbocycles. The Labute approximate surface area is 112 Å². The molecule has 0 aliphatic heterocycles. The molecule has 1 aromatic heterocycles. The van der Waals surface area contributed by atoms with Gasteiger partial charge in [0, 0.05) is 42.7 Å². The summed E-state index contributed by atoms with van der Waals surface area (Å²) in [5.41, 5.74) is 2.42. The van der Waals surface area contributed by atoms with Crippen LogP contribution in [0.4, 0.5) is 0 Å². The first kappa shape index (κ1) is 12.2. The molecule has 3 N–H and O–H groups in total. The summed E-state index contributed by atoms with van der Waals surface area (Å²) in [5.74, 6) is 0.162. The third kappa shape index (κ3) is 3.15. The van der Waals surface area contributed by atoms with Crippen LogP contribution >= 0.6 is 0 Å². The molecule has 0 unspecified atom stereocenters. The van der Waals surface area contributed by atoms with Crippen molar-refractivity contribution in [3.63, 3.8) is 0 Å². The molecule has 0 atom stereocenters. The molecule has 0 bridgehead atoms. The first-order valence-corrected chi connectivity index (χ1v) is 6.88. The van der Waals surface area contributed by atoms with Crippen LogP contribution in [0.1, 0.15) is 24.8 Å². The first-order chi connectivity index (χ1) is 9.33. The molecule has 1 aliphatic rings. The number of rotatable bonds is 6. The van der Waals surface area contributed by atoms with Gasteiger partial charge in [0.15, 0.2) is 0 Å². The van der Waals surface area contributed by atoms with Crippen molar-refractivity contribution in [2.24, 2.45) is 0 Å². The van der Waals surface area contributed by atoms with Gasteiger partial charge in [0.05, 0.1) is 0 Å². The third-order valence-corrected chi connectivity index (χ3v) is 3.47. The van der Waals surface area contributed by atoms with Gasteiger partial charge in [-0.05, 0) is 30.5 Å². The number of aromatic nitrogens is 1. The lowest BCUT2D eigenvalue weighted by molar-refractivity contribution is -0.121. The normalized spacial score (nSPS) is 14.7. The lowest BCUT2D eigenvalue weighted by Gasteiger charge is -2.06. The van der Waals surface area contributed by atoms with Crippen molar-refractivity contribution in [3.05, 3.63) is 36.0 Å². The molecule has 0 spiro atoms. The van der Waals surface area contributed by atoms with Gasteiger partial charge >= 0.3 is 0 Å². The van der Waals surface area contributed by atoms with Crippen LogP contribution in [0.5, 0.6) is 0 Å². The van der Waals surface area contributed by atoms with Crippen LogP contribution in [0.2, 0.25) is 0 Å². The highest BCUT2D eigenvalue weighted by molar-refractivity contribution is 5.82. The topological polar surface area (TPSA) is 56.9 Å². The SMILES string of the molecule is O=C(CCNCc1cccc2[nH]ccc12)NC1CC1. The smallest absolute Gasteiger partial charge is 0.221 e. The lowest BCUT2D eigenvalue weighted by atomic mass is 10.1. The summed E-state index contributed by atoms with van der Waals surface area (Å²) in [4.78, 5) is 14.7. The minimum atomic E-state index is 0.162. The number of nitrogens with one attached hydrogen (secondary N) is 3. The largest absolute Gasteiger partial charge is 0.361 e. The second-order valence-corrected chi connectivity index (χ2v) is 5.12. The zero-order chi connectivity index (χ0) is 13.1. The van der Waals surface area contributed by atoms with E-state index in [2.05, 4.69) is 39.9 Å².